The van der Waals surface area contributed by atoms with Gasteiger partial charge in [-0.05, 0) is 61.5 Å². The van der Waals surface area contributed by atoms with Crippen LogP contribution in [0.25, 0.3) is 17.4 Å². The lowest BCUT2D eigenvalue weighted by atomic mass is 10.0. The van der Waals surface area contributed by atoms with Crippen LogP contribution in [0.15, 0.2) is 69.1 Å². The topological polar surface area (TPSA) is 126 Å². The number of carbonyl (C=O) groups excluding carboxylic acids is 4. The monoisotopic (exact) mass is 489 g/mol. The van der Waals surface area contributed by atoms with Crippen LogP contribution in [-0.4, -0.2) is 34.4 Å². The van der Waals surface area contributed by atoms with Crippen molar-refractivity contribution < 1.29 is 23.6 Å². The largest absolute Gasteiger partial charge is 0.457 e. The molecule has 4 amide bonds. The maximum Gasteiger partial charge on any atom is 0.317 e. The Labute approximate surface area is 204 Å². The number of nitrogens with one attached hydrogen (secondary N) is 1. The molecule has 2 aromatic carbocycles. The van der Waals surface area contributed by atoms with Gasteiger partial charge in [-0.3, -0.25) is 24.1 Å². The molecular formula is C25H19N3O6S. The van der Waals surface area contributed by atoms with E-state index >= 15 is 0 Å². The zero-order chi connectivity index (χ0) is 25.1. The number of hydrogen-bond donors (Lipinski definition) is 1. The summed E-state index contributed by atoms with van der Waals surface area (Å²) in [6.07, 6.45) is 1.42. The molecule has 0 aliphatic carbocycles. The Bertz CT molecular complexity index is 1390. The summed E-state index contributed by atoms with van der Waals surface area (Å²) in [5, 5.41) is 4.57. The number of nitroso groups, excluding NO2 is 1. The first kappa shape index (κ1) is 23.8. The van der Waals surface area contributed by atoms with E-state index < -0.39 is 29.5 Å². The van der Waals surface area contributed by atoms with Gasteiger partial charge in [-0.2, -0.15) is 0 Å². The van der Waals surface area contributed by atoms with E-state index in [1.807, 2.05) is 19.1 Å². The first-order valence-electron chi connectivity index (χ1n) is 10.5. The van der Waals surface area contributed by atoms with Gasteiger partial charge >= 0.3 is 5.91 Å². The van der Waals surface area contributed by atoms with Crippen LogP contribution >= 0.6 is 11.8 Å². The van der Waals surface area contributed by atoms with Gasteiger partial charge in [-0.25, -0.2) is 0 Å². The molecule has 2 heterocycles. The minimum Gasteiger partial charge on any atom is -0.457 e. The van der Waals surface area contributed by atoms with Crippen molar-refractivity contribution in [1.82, 2.24) is 4.90 Å². The van der Waals surface area contributed by atoms with E-state index in [4.69, 9.17) is 4.42 Å². The van der Waals surface area contributed by atoms with Gasteiger partial charge < -0.3 is 9.73 Å². The quantitative estimate of drug-likeness (QED) is 0.375. The van der Waals surface area contributed by atoms with Crippen LogP contribution in [-0.2, 0) is 9.59 Å². The lowest BCUT2D eigenvalue weighted by Crippen LogP contribution is -2.36. The molecule has 4 rings (SSSR count). The molecule has 0 unspecified atom stereocenters. The molecule has 10 heteroatoms. The fourth-order valence-electron chi connectivity index (χ4n) is 3.51. The molecule has 35 heavy (non-hydrogen) atoms. The second-order valence-electron chi connectivity index (χ2n) is 7.76. The summed E-state index contributed by atoms with van der Waals surface area (Å²) in [7, 11) is 0. The van der Waals surface area contributed by atoms with Gasteiger partial charge in [-0.1, -0.05) is 29.8 Å². The zero-order valence-electron chi connectivity index (χ0n) is 18.7. The smallest absolute Gasteiger partial charge is 0.317 e. The van der Waals surface area contributed by atoms with Crippen molar-refractivity contribution in [3.8, 4) is 11.3 Å². The number of benzene rings is 2. The minimum atomic E-state index is -0.879. The average Bonchev–Trinajstić information content (AvgIpc) is 3.40. The molecule has 176 valence electrons. The number of aryl methyl sites for hydroxylation is 1. The third kappa shape index (κ3) is 5.12. The molecule has 0 saturated carbocycles. The summed E-state index contributed by atoms with van der Waals surface area (Å²) in [5.41, 5.74) is 2.88. The van der Waals surface area contributed by atoms with E-state index in [9.17, 15) is 24.1 Å². The summed E-state index contributed by atoms with van der Waals surface area (Å²) >= 11 is 0.711. The van der Waals surface area contributed by atoms with E-state index in [2.05, 4.69) is 10.5 Å². The molecule has 1 aliphatic heterocycles. The summed E-state index contributed by atoms with van der Waals surface area (Å²) in [6, 6.07) is 15.2. The van der Waals surface area contributed by atoms with Crippen molar-refractivity contribution in [2.45, 2.75) is 13.8 Å². The fourth-order valence-corrected chi connectivity index (χ4v) is 4.32. The summed E-state index contributed by atoms with van der Waals surface area (Å²) in [6.45, 7) is 3.18. The number of hydrogen-bond acceptors (Lipinski definition) is 7. The Hall–Kier alpha value is -4.31. The Balaban J connectivity index is 1.49. The molecule has 1 N–H and O–H groups in total. The number of imide groups is 1. The summed E-state index contributed by atoms with van der Waals surface area (Å²) in [5.74, 6) is -1.26. The van der Waals surface area contributed by atoms with Crippen molar-refractivity contribution in [3.63, 3.8) is 0 Å². The second-order valence-corrected chi connectivity index (χ2v) is 8.75. The highest BCUT2D eigenvalue weighted by Gasteiger charge is 2.36. The third-order valence-electron chi connectivity index (χ3n) is 5.32. The molecule has 1 aromatic heterocycles. The lowest BCUT2D eigenvalue weighted by molar-refractivity contribution is -0.127. The molecule has 1 saturated heterocycles. The van der Waals surface area contributed by atoms with Crippen LogP contribution in [0.4, 0.5) is 10.5 Å². The number of carbonyl (C=O) groups is 4. The van der Waals surface area contributed by atoms with Gasteiger partial charge in [0.25, 0.3) is 11.1 Å². The molecule has 3 aromatic rings. The van der Waals surface area contributed by atoms with Crippen LogP contribution in [0, 0.1) is 18.8 Å². The Morgan fingerprint density at radius 2 is 1.80 bits per heavy atom. The molecule has 0 radical (unpaired) electrons. The average molecular weight is 490 g/mol. The van der Waals surface area contributed by atoms with Gasteiger partial charge in [0.05, 0.1) is 4.91 Å². The van der Waals surface area contributed by atoms with E-state index in [0.717, 1.165) is 10.5 Å². The molecule has 0 spiro atoms. The molecule has 0 bridgehead atoms. The molecule has 1 aliphatic rings. The Morgan fingerprint density at radius 3 is 2.51 bits per heavy atom. The lowest BCUT2D eigenvalue weighted by Gasteiger charge is -2.12. The van der Waals surface area contributed by atoms with E-state index in [0.29, 0.717) is 40.1 Å². The van der Waals surface area contributed by atoms with Crippen LogP contribution in [0.5, 0.6) is 0 Å². The molecule has 9 nitrogen and oxygen atoms in total. The van der Waals surface area contributed by atoms with Crippen molar-refractivity contribution in [2.24, 2.45) is 5.18 Å². The van der Waals surface area contributed by atoms with Gasteiger partial charge in [0.2, 0.25) is 5.91 Å². The standard InChI is InChI=1S/C25H19N3O6S/c1-14-6-8-16(9-7-14)26-22(29)13-28-24(31)21(35-25(28)32)12-17-10-11-20(34-17)18-4-3-5-19(15(18)2)23(30)27-33/h3-12H,13H2,1-2H3,(H,26,29)/b21-12-. The highest BCUT2D eigenvalue weighted by molar-refractivity contribution is 8.18. The van der Waals surface area contributed by atoms with Crippen molar-refractivity contribution in [3.05, 3.63) is 86.9 Å². The molecule has 1 fully saturated rings. The fraction of sp³-hybridized carbons (Fsp3) is 0.120. The maximum absolute atomic E-state index is 12.8. The number of thioether (sulfide) groups is 1. The van der Waals surface area contributed by atoms with E-state index in [1.54, 1.807) is 43.3 Å². The highest BCUT2D eigenvalue weighted by Crippen LogP contribution is 2.34. The maximum atomic E-state index is 12.8. The van der Waals surface area contributed by atoms with Crippen molar-refractivity contribution in [1.29, 1.82) is 0 Å². The molecular weight excluding hydrogens is 470 g/mol. The van der Waals surface area contributed by atoms with E-state index in [1.165, 1.54) is 12.1 Å². The predicted octanol–water partition coefficient (Wildman–Crippen LogP) is 5.15. The number of rotatable bonds is 6. The Kier molecular flexibility index (Phi) is 6.74. The predicted molar refractivity (Wildman–Crippen MR) is 131 cm³/mol. The zero-order valence-corrected chi connectivity index (χ0v) is 19.5. The minimum absolute atomic E-state index is 0.116. The number of anilines is 1. The van der Waals surface area contributed by atoms with Crippen molar-refractivity contribution >= 4 is 46.5 Å². The number of nitrogens with zero attached hydrogens (tertiary/aromatic N) is 2. The van der Waals surface area contributed by atoms with Gasteiger partial charge in [0.1, 0.15) is 18.1 Å². The van der Waals surface area contributed by atoms with Gasteiger partial charge in [0, 0.05) is 28.1 Å². The van der Waals surface area contributed by atoms with E-state index in [-0.39, 0.29) is 10.5 Å². The van der Waals surface area contributed by atoms with Crippen LogP contribution < -0.4 is 5.32 Å². The third-order valence-corrected chi connectivity index (χ3v) is 6.23. The number of furan rings is 1. The van der Waals surface area contributed by atoms with Crippen LogP contribution in [0.3, 0.4) is 0 Å². The Morgan fingerprint density at radius 1 is 1.06 bits per heavy atom. The van der Waals surface area contributed by atoms with Crippen molar-refractivity contribution in [2.75, 3.05) is 11.9 Å². The van der Waals surface area contributed by atoms with Crippen LogP contribution in [0.1, 0.15) is 27.2 Å². The highest BCUT2D eigenvalue weighted by atomic mass is 32.2. The summed E-state index contributed by atoms with van der Waals surface area (Å²) in [4.78, 5) is 60.8. The first-order chi connectivity index (χ1) is 16.8. The normalized spacial score (nSPS) is 14.5. The summed E-state index contributed by atoms with van der Waals surface area (Å²) < 4.78 is 5.80. The number of amides is 4. The molecule has 0 atom stereocenters. The SMILES string of the molecule is Cc1ccc(NC(=O)CN2C(=O)S/C(=C\c3ccc(-c4cccc(C(=O)N=O)c4C)o3)C2=O)cc1. The van der Waals surface area contributed by atoms with Gasteiger partial charge in [-0.15, -0.1) is 4.91 Å². The first-order valence-corrected chi connectivity index (χ1v) is 11.3. The van der Waals surface area contributed by atoms with Crippen LogP contribution in [0.2, 0.25) is 0 Å². The van der Waals surface area contributed by atoms with Gasteiger partial charge in [0.15, 0.2) is 0 Å². The second kappa shape index (κ2) is 9.90.